The fraction of sp³-hybridized carbons (Fsp3) is 0.688. The normalized spacial score (nSPS) is 25.3. The highest BCUT2D eigenvalue weighted by molar-refractivity contribution is 7.91. The van der Waals surface area contributed by atoms with Crippen LogP contribution in [0.25, 0.3) is 0 Å². The highest BCUT2D eigenvalue weighted by Gasteiger charge is 2.39. The lowest BCUT2D eigenvalue weighted by Gasteiger charge is -2.36. The number of urea groups is 1. The zero-order valence-electron chi connectivity index (χ0n) is 15.3. The maximum atomic E-state index is 12.5. The lowest BCUT2D eigenvalue weighted by Crippen LogP contribution is -2.55. The number of anilines is 1. The molecule has 0 spiro atoms. The average Bonchev–Trinajstić information content (AvgIpc) is 2.90. The highest BCUT2D eigenvalue weighted by atomic mass is 32.2. The molecule has 2 amide bonds. The van der Waals surface area contributed by atoms with Crippen molar-refractivity contribution in [1.82, 2.24) is 20.2 Å². The van der Waals surface area contributed by atoms with Gasteiger partial charge in [0.2, 0.25) is 0 Å². The molecule has 144 valence electrons. The Hall–Kier alpha value is -1.94. The Kier molecular flexibility index (Phi) is 5.33. The number of nitrogens with zero attached hydrogens (tertiary/aromatic N) is 4. The Bertz CT molecular complexity index is 777. The van der Waals surface area contributed by atoms with Crippen molar-refractivity contribution in [2.75, 3.05) is 49.7 Å². The van der Waals surface area contributed by atoms with Crippen LogP contribution in [0.3, 0.4) is 0 Å². The Labute approximate surface area is 153 Å². The molecule has 2 fully saturated rings. The predicted octanol–water partition coefficient (Wildman–Crippen LogP) is -0.263. The smallest absolute Gasteiger partial charge is 0.317 e. The molecule has 26 heavy (non-hydrogen) atoms. The molecule has 0 unspecified atom stereocenters. The van der Waals surface area contributed by atoms with Crippen LogP contribution in [0.15, 0.2) is 6.20 Å². The molecule has 0 aliphatic carbocycles. The van der Waals surface area contributed by atoms with Gasteiger partial charge < -0.3 is 19.9 Å². The van der Waals surface area contributed by atoms with E-state index in [1.54, 1.807) is 11.1 Å². The monoisotopic (exact) mass is 383 g/mol. The molecule has 1 aromatic rings. The summed E-state index contributed by atoms with van der Waals surface area (Å²) in [7, 11) is -1.70. The second-order valence-electron chi connectivity index (χ2n) is 6.80. The van der Waals surface area contributed by atoms with Crippen molar-refractivity contribution in [3.8, 4) is 0 Å². The van der Waals surface area contributed by atoms with Gasteiger partial charge in [-0.1, -0.05) is 0 Å². The van der Waals surface area contributed by atoms with E-state index in [1.165, 1.54) is 7.11 Å². The van der Waals surface area contributed by atoms with Crippen molar-refractivity contribution < 1.29 is 17.9 Å². The molecular weight excluding hydrogens is 358 g/mol. The van der Waals surface area contributed by atoms with E-state index in [0.29, 0.717) is 26.2 Å². The van der Waals surface area contributed by atoms with Gasteiger partial charge >= 0.3 is 6.03 Å². The number of carbonyl (C=O) groups is 1. The number of methoxy groups -OCH3 is 1. The molecule has 0 saturated carbocycles. The summed E-state index contributed by atoms with van der Waals surface area (Å²) >= 11 is 0. The number of nitrogens with one attached hydrogen (secondary N) is 1. The van der Waals surface area contributed by atoms with Gasteiger partial charge in [-0.05, 0) is 13.8 Å². The SMILES string of the molecule is CO[C@@H]1CS(=O)(=O)C[C@H]1NC(=O)N1CCN(c2nc(C)cnc2C)CC1. The molecule has 2 aliphatic rings. The van der Waals surface area contributed by atoms with Crippen molar-refractivity contribution >= 4 is 21.7 Å². The van der Waals surface area contributed by atoms with E-state index in [9.17, 15) is 13.2 Å². The third-order valence-corrected chi connectivity index (χ3v) is 6.53. The quantitative estimate of drug-likeness (QED) is 0.766. The van der Waals surface area contributed by atoms with Crippen LogP contribution in [0.4, 0.5) is 10.6 Å². The van der Waals surface area contributed by atoms with Gasteiger partial charge in [-0.15, -0.1) is 0 Å². The summed E-state index contributed by atoms with van der Waals surface area (Å²) in [5, 5.41) is 2.82. The first-order valence-electron chi connectivity index (χ1n) is 8.63. The van der Waals surface area contributed by atoms with Crippen molar-refractivity contribution in [3.05, 3.63) is 17.6 Å². The van der Waals surface area contributed by atoms with E-state index >= 15 is 0 Å². The van der Waals surface area contributed by atoms with Crippen LogP contribution in [0.2, 0.25) is 0 Å². The summed E-state index contributed by atoms with van der Waals surface area (Å²) < 4.78 is 28.7. The number of sulfone groups is 1. The van der Waals surface area contributed by atoms with Gasteiger partial charge in [-0.25, -0.2) is 18.2 Å². The number of ether oxygens (including phenoxy) is 1. The summed E-state index contributed by atoms with van der Waals surface area (Å²) in [5.74, 6) is 0.731. The molecule has 0 bridgehead atoms. The maximum absolute atomic E-state index is 12.5. The fourth-order valence-electron chi connectivity index (χ4n) is 3.38. The molecule has 2 aliphatic heterocycles. The van der Waals surface area contributed by atoms with E-state index in [0.717, 1.165) is 17.2 Å². The number of rotatable bonds is 3. The van der Waals surface area contributed by atoms with Crippen LogP contribution >= 0.6 is 0 Å². The van der Waals surface area contributed by atoms with Crippen molar-refractivity contribution in [1.29, 1.82) is 0 Å². The van der Waals surface area contributed by atoms with Crippen LogP contribution in [-0.2, 0) is 14.6 Å². The van der Waals surface area contributed by atoms with Gasteiger partial charge in [-0.3, -0.25) is 4.98 Å². The summed E-state index contributed by atoms with van der Waals surface area (Å²) in [5.41, 5.74) is 1.73. The molecule has 2 saturated heterocycles. The molecule has 9 nitrogen and oxygen atoms in total. The lowest BCUT2D eigenvalue weighted by molar-refractivity contribution is 0.0976. The molecule has 3 rings (SSSR count). The van der Waals surface area contributed by atoms with E-state index < -0.39 is 22.0 Å². The number of piperazine rings is 1. The highest BCUT2D eigenvalue weighted by Crippen LogP contribution is 2.19. The first-order chi connectivity index (χ1) is 12.3. The first kappa shape index (κ1) is 18.8. The van der Waals surface area contributed by atoms with Gasteiger partial charge in [-0.2, -0.15) is 0 Å². The second kappa shape index (κ2) is 7.36. The second-order valence-corrected chi connectivity index (χ2v) is 8.96. The largest absolute Gasteiger partial charge is 0.378 e. The number of carbonyl (C=O) groups excluding carboxylic acids is 1. The summed E-state index contributed by atoms with van der Waals surface area (Å²) in [6.45, 7) is 6.22. The average molecular weight is 383 g/mol. The lowest BCUT2D eigenvalue weighted by atomic mass is 10.2. The minimum Gasteiger partial charge on any atom is -0.378 e. The maximum Gasteiger partial charge on any atom is 0.317 e. The van der Waals surface area contributed by atoms with Gasteiger partial charge in [0.15, 0.2) is 9.84 Å². The van der Waals surface area contributed by atoms with Crippen LogP contribution < -0.4 is 10.2 Å². The Morgan fingerprint density at radius 3 is 2.58 bits per heavy atom. The van der Waals surface area contributed by atoms with E-state index in [2.05, 4.69) is 20.2 Å². The summed E-state index contributed by atoms with van der Waals surface area (Å²) in [4.78, 5) is 25.2. The third-order valence-electron chi connectivity index (χ3n) is 4.83. The Morgan fingerprint density at radius 1 is 1.23 bits per heavy atom. The van der Waals surface area contributed by atoms with Crippen LogP contribution in [0.1, 0.15) is 11.4 Å². The minimum absolute atomic E-state index is 0.0481. The molecule has 0 aromatic carbocycles. The van der Waals surface area contributed by atoms with Crippen molar-refractivity contribution in [3.63, 3.8) is 0 Å². The van der Waals surface area contributed by atoms with E-state index in [4.69, 9.17) is 4.74 Å². The van der Waals surface area contributed by atoms with Gasteiger partial charge in [0, 0.05) is 39.5 Å². The zero-order chi connectivity index (χ0) is 18.9. The van der Waals surface area contributed by atoms with Gasteiger partial charge in [0.25, 0.3) is 0 Å². The van der Waals surface area contributed by atoms with Gasteiger partial charge in [0.05, 0.1) is 35.0 Å². The molecule has 1 aromatic heterocycles. The van der Waals surface area contributed by atoms with E-state index in [1.807, 2.05) is 13.8 Å². The summed E-state index contributed by atoms with van der Waals surface area (Å²) in [6.07, 6.45) is 1.25. The fourth-order valence-corrected chi connectivity index (χ4v) is 5.23. The number of hydrogen-bond acceptors (Lipinski definition) is 7. The number of aromatic nitrogens is 2. The topological polar surface area (TPSA) is 105 Å². The number of amides is 2. The molecule has 3 heterocycles. The molecule has 0 radical (unpaired) electrons. The Morgan fingerprint density at radius 2 is 1.92 bits per heavy atom. The molecule has 2 atom stereocenters. The standard InChI is InChI=1S/C16H25N5O4S/c1-11-8-17-12(2)15(18-11)20-4-6-21(7-5-20)16(22)19-13-9-26(23,24)10-14(13)25-3/h8,13-14H,4-7,9-10H2,1-3H3,(H,19,22)/t13-,14-/m1/s1. The number of aryl methyl sites for hydroxylation is 2. The molecular formula is C16H25N5O4S. The summed E-state index contributed by atoms with van der Waals surface area (Å²) in [6, 6.07) is -0.749. The zero-order valence-corrected chi connectivity index (χ0v) is 16.1. The van der Waals surface area contributed by atoms with Crippen molar-refractivity contribution in [2.24, 2.45) is 0 Å². The molecule has 10 heteroatoms. The van der Waals surface area contributed by atoms with Crippen LogP contribution in [-0.4, -0.2) is 86.3 Å². The Balaban J connectivity index is 1.58. The van der Waals surface area contributed by atoms with Crippen LogP contribution in [0.5, 0.6) is 0 Å². The van der Waals surface area contributed by atoms with Crippen molar-refractivity contribution in [2.45, 2.75) is 26.0 Å². The molecule has 1 N–H and O–H groups in total. The first-order valence-corrected chi connectivity index (χ1v) is 10.4. The van der Waals surface area contributed by atoms with Crippen LogP contribution in [0, 0.1) is 13.8 Å². The number of hydrogen-bond donors (Lipinski definition) is 1. The van der Waals surface area contributed by atoms with Gasteiger partial charge in [0.1, 0.15) is 5.82 Å². The van der Waals surface area contributed by atoms with E-state index in [-0.39, 0.29) is 17.5 Å². The third kappa shape index (κ3) is 4.07. The minimum atomic E-state index is -3.17. The predicted molar refractivity (Wildman–Crippen MR) is 97.1 cm³/mol.